The highest BCUT2D eigenvalue weighted by Gasteiger charge is 2.33. The lowest BCUT2D eigenvalue weighted by Crippen LogP contribution is -2.31. The van der Waals surface area contributed by atoms with Crippen LogP contribution in [-0.4, -0.2) is 0 Å². The maximum atomic E-state index is 4.91. The third-order valence-electron chi connectivity index (χ3n) is 4.09. The molecular formula is C19H18N2S2. The molecular weight excluding hydrogens is 320 g/mol. The Labute approximate surface area is 143 Å². The van der Waals surface area contributed by atoms with Crippen molar-refractivity contribution < 1.29 is 0 Å². The Bertz CT molecular complexity index is 934. The molecule has 2 nitrogen and oxygen atoms in total. The van der Waals surface area contributed by atoms with Crippen molar-refractivity contribution in [1.82, 2.24) is 0 Å². The lowest BCUT2D eigenvalue weighted by atomic mass is 9.89. The van der Waals surface area contributed by atoms with Gasteiger partial charge in [0, 0.05) is 16.8 Å². The molecule has 0 bridgehead atoms. The van der Waals surface area contributed by atoms with Crippen molar-refractivity contribution in [2.45, 2.75) is 26.3 Å². The third-order valence-corrected chi connectivity index (χ3v) is 6.73. The van der Waals surface area contributed by atoms with Crippen molar-refractivity contribution >= 4 is 32.1 Å². The standard InChI is InChI=1S/C19H18N2S2/c1-12-9-10-15-14(11-12)16-17(19(2,3)21-15)22-23-18(16)20-13-7-5-4-6-8-13/h4-11,21H,1-3H3. The number of nitrogens with zero attached hydrogens (tertiary/aromatic N) is 1. The van der Waals surface area contributed by atoms with Crippen molar-refractivity contribution in [3.8, 4) is 11.1 Å². The topological polar surface area (TPSA) is 24.4 Å². The van der Waals surface area contributed by atoms with Crippen LogP contribution in [0.3, 0.4) is 0 Å². The van der Waals surface area contributed by atoms with Gasteiger partial charge in [-0.3, -0.25) is 0 Å². The van der Waals surface area contributed by atoms with Gasteiger partial charge in [-0.05, 0) is 45.0 Å². The van der Waals surface area contributed by atoms with Crippen LogP contribution in [0, 0.1) is 6.92 Å². The Morgan fingerprint density at radius 1 is 1.00 bits per heavy atom. The van der Waals surface area contributed by atoms with Crippen LogP contribution in [0.4, 0.5) is 11.4 Å². The number of hydrogen-bond acceptors (Lipinski definition) is 4. The largest absolute Gasteiger partial charge is 0.375 e. The summed E-state index contributed by atoms with van der Waals surface area (Å²) in [4.78, 5) is 6.28. The molecule has 0 saturated heterocycles. The van der Waals surface area contributed by atoms with E-state index in [4.69, 9.17) is 4.99 Å². The van der Waals surface area contributed by atoms with Crippen molar-refractivity contribution in [1.29, 1.82) is 0 Å². The zero-order valence-corrected chi connectivity index (χ0v) is 15.0. The highest BCUT2D eigenvalue weighted by atomic mass is 32.9. The van der Waals surface area contributed by atoms with Crippen LogP contribution in [0.1, 0.15) is 24.3 Å². The average Bonchev–Trinajstić information content (AvgIpc) is 2.94. The fraction of sp³-hybridized carbons (Fsp3) is 0.211. The molecule has 0 amide bonds. The van der Waals surface area contributed by atoms with Crippen LogP contribution in [-0.2, 0) is 5.54 Å². The summed E-state index contributed by atoms with van der Waals surface area (Å²) in [5.41, 5.74) is 5.98. The summed E-state index contributed by atoms with van der Waals surface area (Å²) in [5.74, 6) is 0. The Morgan fingerprint density at radius 3 is 2.57 bits per heavy atom. The van der Waals surface area contributed by atoms with Gasteiger partial charge in [-0.1, -0.05) is 50.5 Å². The molecule has 23 heavy (non-hydrogen) atoms. The van der Waals surface area contributed by atoms with Gasteiger partial charge in [0.2, 0.25) is 0 Å². The minimum absolute atomic E-state index is 0.0663. The van der Waals surface area contributed by atoms with Crippen molar-refractivity contribution in [3.63, 3.8) is 0 Å². The van der Waals surface area contributed by atoms with Crippen molar-refractivity contribution in [3.05, 3.63) is 63.6 Å². The maximum absolute atomic E-state index is 4.91. The average molecular weight is 339 g/mol. The smallest absolute Gasteiger partial charge is 0.135 e. The SMILES string of the molecule is Cc1ccc2c(c1)-c1c(ssc1=Nc1ccccc1)C(C)(C)N2. The van der Waals surface area contributed by atoms with Crippen LogP contribution in [0.15, 0.2) is 53.5 Å². The molecule has 0 aliphatic carbocycles. The van der Waals surface area contributed by atoms with E-state index in [-0.39, 0.29) is 5.54 Å². The first-order chi connectivity index (χ1) is 11.0. The second-order valence-corrected chi connectivity index (χ2v) is 8.55. The molecule has 0 saturated carbocycles. The van der Waals surface area contributed by atoms with Gasteiger partial charge < -0.3 is 5.32 Å². The first kappa shape index (κ1) is 14.7. The van der Waals surface area contributed by atoms with Gasteiger partial charge in [-0.15, -0.1) is 0 Å². The first-order valence-corrected chi connectivity index (χ1v) is 9.82. The summed E-state index contributed by atoms with van der Waals surface area (Å²) in [5, 5.41) is 3.67. The Morgan fingerprint density at radius 2 is 1.78 bits per heavy atom. The van der Waals surface area contributed by atoms with Crippen LogP contribution in [0.25, 0.3) is 11.1 Å². The van der Waals surface area contributed by atoms with Gasteiger partial charge in [0.1, 0.15) is 4.67 Å². The third kappa shape index (κ3) is 2.52. The molecule has 0 atom stereocenters. The highest BCUT2D eigenvalue weighted by Crippen LogP contribution is 2.45. The van der Waals surface area contributed by atoms with Crippen molar-refractivity contribution in [2.24, 2.45) is 4.99 Å². The number of anilines is 1. The van der Waals surface area contributed by atoms with Crippen LogP contribution >= 0.6 is 20.7 Å². The monoisotopic (exact) mass is 338 g/mol. The molecule has 2 heterocycles. The van der Waals surface area contributed by atoms with E-state index >= 15 is 0 Å². The summed E-state index contributed by atoms with van der Waals surface area (Å²) in [6.45, 7) is 6.62. The molecule has 0 fully saturated rings. The fourth-order valence-electron chi connectivity index (χ4n) is 2.98. The highest BCUT2D eigenvalue weighted by molar-refractivity contribution is 7.68. The predicted octanol–water partition coefficient (Wildman–Crippen LogP) is 5.68. The van der Waals surface area contributed by atoms with E-state index in [9.17, 15) is 0 Å². The van der Waals surface area contributed by atoms with Crippen LogP contribution < -0.4 is 9.99 Å². The van der Waals surface area contributed by atoms with E-state index in [2.05, 4.69) is 56.4 Å². The molecule has 2 aromatic carbocycles. The van der Waals surface area contributed by atoms with Gasteiger partial charge >= 0.3 is 0 Å². The van der Waals surface area contributed by atoms with Gasteiger partial charge in [-0.25, -0.2) is 4.99 Å². The number of hydrogen-bond donors (Lipinski definition) is 1. The molecule has 4 rings (SSSR count). The van der Waals surface area contributed by atoms with E-state index in [0.29, 0.717) is 0 Å². The van der Waals surface area contributed by atoms with Crippen molar-refractivity contribution in [2.75, 3.05) is 5.32 Å². The summed E-state index contributed by atoms with van der Waals surface area (Å²) >= 11 is 0. The minimum Gasteiger partial charge on any atom is -0.375 e. The molecule has 0 radical (unpaired) electrons. The Hall–Kier alpha value is -1.91. The number of aryl methyl sites for hydroxylation is 1. The lowest BCUT2D eigenvalue weighted by molar-refractivity contribution is 0.619. The molecule has 1 aromatic heterocycles. The predicted molar refractivity (Wildman–Crippen MR) is 101 cm³/mol. The molecule has 116 valence electrons. The first-order valence-electron chi connectivity index (χ1n) is 7.67. The molecule has 1 N–H and O–H groups in total. The number of benzene rings is 2. The van der Waals surface area contributed by atoms with E-state index in [1.807, 2.05) is 28.5 Å². The molecule has 1 aliphatic heterocycles. The van der Waals surface area contributed by atoms with E-state index in [0.717, 1.165) is 10.4 Å². The summed E-state index contributed by atoms with van der Waals surface area (Å²) in [6.07, 6.45) is 0. The molecule has 1 aliphatic rings. The number of rotatable bonds is 1. The van der Waals surface area contributed by atoms with Crippen LogP contribution in [0.5, 0.6) is 0 Å². The summed E-state index contributed by atoms with van der Waals surface area (Å²) in [7, 11) is 3.60. The minimum atomic E-state index is -0.0663. The van der Waals surface area contributed by atoms with E-state index < -0.39 is 0 Å². The molecule has 4 heteroatoms. The van der Waals surface area contributed by atoms with E-state index in [1.54, 1.807) is 10.3 Å². The molecule has 0 unspecified atom stereocenters. The van der Waals surface area contributed by atoms with Gasteiger partial charge in [0.05, 0.1) is 16.1 Å². The van der Waals surface area contributed by atoms with Crippen LogP contribution in [0.2, 0.25) is 0 Å². The van der Waals surface area contributed by atoms with Gasteiger partial charge in [0.15, 0.2) is 0 Å². The normalized spacial score (nSPS) is 15.7. The number of nitrogens with one attached hydrogen (secondary N) is 1. The maximum Gasteiger partial charge on any atom is 0.135 e. The Kier molecular flexibility index (Phi) is 3.39. The second-order valence-electron chi connectivity index (χ2n) is 6.42. The Balaban J connectivity index is 2.01. The quantitative estimate of drug-likeness (QED) is 0.567. The number of para-hydroxylation sites is 1. The van der Waals surface area contributed by atoms with E-state index in [1.165, 1.54) is 27.3 Å². The fourth-order valence-corrected chi connectivity index (χ4v) is 5.92. The summed E-state index contributed by atoms with van der Waals surface area (Å²) < 4.78 is 1.11. The molecule has 3 aromatic rings. The zero-order chi connectivity index (χ0) is 16.0. The second kappa shape index (κ2) is 5.32. The lowest BCUT2D eigenvalue weighted by Gasteiger charge is -2.33. The molecule has 0 spiro atoms. The van der Waals surface area contributed by atoms with Gasteiger partial charge in [-0.2, -0.15) is 0 Å². The number of fused-ring (bicyclic) bond motifs is 3. The zero-order valence-electron chi connectivity index (χ0n) is 13.4. The summed E-state index contributed by atoms with van der Waals surface area (Å²) in [6, 6.07) is 16.8. The van der Waals surface area contributed by atoms with Gasteiger partial charge in [0.25, 0.3) is 0 Å².